The summed E-state index contributed by atoms with van der Waals surface area (Å²) in [7, 11) is 0. The van der Waals surface area contributed by atoms with Gasteiger partial charge in [0.2, 0.25) is 0 Å². The number of hydrogen-bond donors (Lipinski definition) is 1. The van der Waals surface area contributed by atoms with Gasteiger partial charge in [-0.2, -0.15) is 0 Å². The third-order valence-corrected chi connectivity index (χ3v) is 2.98. The van der Waals surface area contributed by atoms with Crippen LogP contribution in [0, 0.1) is 10.1 Å². The van der Waals surface area contributed by atoms with Crippen molar-refractivity contribution in [2.24, 2.45) is 0 Å². The molecule has 1 unspecified atom stereocenters. The Kier molecular flexibility index (Phi) is 2.53. The van der Waals surface area contributed by atoms with E-state index < -0.39 is 4.92 Å². The molecule has 0 aromatic carbocycles. The molecule has 0 amide bonds. The summed E-state index contributed by atoms with van der Waals surface area (Å²) in [5, 5.41) is 13.6. The van der Waals surface area contributed by atoms with Gasteiger partial charge in [-0.1, -0.05) is 22.6 Å². The van der Waals surface area contributed by atoms with E-state index in [1.165, 1.54) is 6.20 Å². The van der Waals surface area contributed by atoms with E-state index in [2.05, 4.69) is 32.9 Å². The van der Waals surface area contributed by atoms with Crippen molar-refractivity contribution in [2.75, 3.05) is 11.9 Å². The normalized spacial score (nSPS) is 19.6. The number of rotatable bonds is 1. The lowest BCUT2D eigenvalue weighted by molar-refractivity contribution is -0.385. The number of nitrogens with zero attached hydrogens (tertiary/aromatic N) is 2. The first-order valence-electron chi connectivity index (χ1n) is 4.18. The first-order chi connectivity index (χ1) is 6.66. The molecule has 0 spiro atoms. The van der Waals surface area contributed by atoms with E-state index in [4.69, 9.17) is 0 Å². The molecule has 1 atom stereocenters. The molecule has 2 rings (SSSR count). The Morgan fingerprint density at radius 2 is 2.50 bits per heavy atom. The van der Waals surface area contributed by atoms with Gasteiger partial charge >= 0.3 is 0 Å². The molecule has 0 bridgehead atoms. The van der Waals surface area contributed by atoms with Crippen molar-refractivity contribution < 1.29 is 4.92 Å². The lowest BCUT2D eigenvalue weighted by atomic mass is 10.1. The molecule has 1 aliphatic heterocycles. The lowest BCUT2D eigenvalue weighted by Crippen LogP contribution is -2.23. The van der Waals surface area contributed by atoms with Crippen molar-refractivity contribution in [3.05, 3.63) is 27.9 Å². The van der Waals surface area contributed by atoms with E-state index in [0.29, 0.717) is 3.92 Å². The van der Waals surface area contributed by atoms with Crippen molar-refractivity contribution in [3.8, 4) is 0 Å². The van der Waals surface area contributed by atoms with Gasteiger partial charge < -0.3 is 5.32 Å². The summed E-state index contributed by atoms with van der Waals surface area (Å²) >= 11 is 2.32. The minimum Gasteiger partial charge on any atom is -0.369 e. The molecule has 1 N–H and O–H groups in total. The van der Waals surface area contributed by atoms with Crippen LogP contribution in [0.2, 0.25) is 0 Å². The number of hydrogen-bond acceptors (Lipinski definition) is 4. The molecule has 5 nitrogen and oxygen atoms in total. The second kappa shape index (κ2) is 3.68. The zero-order valence-corrected chi connectivity index (χ0v) is 9.39. The van der Waals surface area contributed by atoms with Gasteiger partial charge in [0.05, 0.1) is 4.92 Å². The van der Waals surface area contributed by atoms with Crippen molar-refractivity contribution >= 4 is 34.1 Å². The topological polar surface area (TPSA) is 68.1 Å². The quantitative estimate of drug-likeness (QED) is 0.371. The minimum absolute atomic E-state index is 0.0658. The SMILES string of the molecule is O=[N+]([O-])c1cnc2c(c1)CC(I)CN2. The Morgan fingerprint density at radius 1 is 1.71 bits per heavy atom. The highest BCUT2D eigenvalue weighted by molar-refractivity contribution is 14.1. The number of fused-ring (bicyclic) bond motifs is 1. The molecule has 1 aromatic heterocycles. The van der Waals surface area contributed by atoms with Crippen LogP contribution in [0.25, 0.3) is 0 Å². The average Bonchev–Trinajstić information content (AvgIpc) is 2.16. The molecular formula is C8H8IN3O2. The predicted octanol–water partition coefficient (Wildman–Crippen LogP) is 1.76. The van der Waals surface area contributed by atoms with Gasteiger partial charge in [0.1, 0.15) is 12.0 Å². The van der Waals surface area contributed by atoms with Crippen molar-refractivity contribution in [3.63, 3.8) is 0 Å². The average molecular weight is 305 g/mol. The summed E-state index contributed by atoms with van der Waals surface area (Å²) in [6, 6.07) is 1.60. The summed E-state index contributed by atoms with van der Waals surface area (Å²) in [6.45, 7) is 0.873. The lowest BCUT2D eigenvalue weighted by Gasteiger charge is -2.20. The summed E-state index contributed by atoms with van der Waals surface area (Å²) in [4.78, 5) is 14.1. The molecule has 0 radical (unpaired) electrons. The molecule has 0 fully saturated rings. The number of aromatic nitrogens is 1. The van der Waals surface area contributed by atoms with E-state index in [9.17, 15) is 10.1 Å². The number of pyridine rings is 1. The Balaban J connectivity index is 2.37. The van der Waals surface area contributed by atoms with E-state index in [-0.39, 0.29) is 5.69 Å². The highest BCUT2D eigenvalue weighted by Crippen LogP contribution is 2.26. The third-order valence-electron chi connectivity index (χ3n) is 2.10. The highest BCUT2D eigenvalue weighted by atomic mass is 127. The fourth-order valence-electron chi connectivity index (χ4n) is 1.43. The van der Waals surface area contributed by atoms with Gasteiger partial charge in [-0.3, -0.25) is 10.1 Å². The number of anilines is 1. The number of nitro groups is 1. The Hall–Kier alpha value is -0.920. The minimum atomic E-state index is -0.413. The van der Waals surface area contributed by atoms with Gasteiger partial charge in [-0.05, 0) is 6.42 Å². The Morgan fingerprint density at radius 3 is 3.21 bits per heavy atom. The van der Waals surface area contributed by atoms with Gasteiger partial charge in [-0.15, -0.1) is 0 Å². The molecule has 6 heteroatoms. The highest BCUT2D eigenvalue weighted by Gasteiger charge is 2.19. The Labute approximate surface area is 94.2 Å². The number of halogens is 1. The molecule has 74 valence electrons. The van der Waals surface area contributed by atoms with E-state index in [0.717, 1.165) is 24.3 Å². The third kappa shape index (κ3) is 1.79. The molecule has 1 aromatic rings. The van der Waals surface area contributed by atoms with Crippen LogP contribution in [-0.2, 0) is 6.42 Å². The van der Waals surface area contributed by atoms with Crippen LogP contribution in [0.1, 0.15) is 5.56 Å². The molecule has 1 aliphatic rings. The van der Waals surface area contributed by atoms with Crippen LogP contribution < -0.4 is 5.32 Å². The van der Waals surface area contributed by atoms with Crippen molar-refractivity contribution in [1.82, 2.24) is 4.98 Å². The smallest absolute Gasteiger partial charge is 0.288 e. The van der Waals surface area contributed by atoms with Gasteiger partial charge in [0.25, 0.3) is 5.69 Å². The second-order valence-corrected chi connectivity index (χ2v) is 4.90. The van der Waals surface area contributed by atoms with Crippen LogP contribution >= 0.6 is 22.6 Å². The summed E-state index contributed by atoms with van der Waals surface area (Å²) in [5.41, 5.74) is 1.00. The fourth-order valence-corrected chi connectivity index (χ4v) is 2.13. The maximum Gasteiger partial charge on any atom is 0.288 e. The zero-order valence-electron chi connectivity index (χ0n) is 7.24. The first-order valence-corrected chi connectivity index (χ1v) is 5.42. The largest absolute Gasteiger partial charge is 0.369 e. The summed E-state index contributed by atoms with van der Waals surface area (Å²) < 4.78 is 0.476. The van der Waals surface area contributed by atoms with E-state index in [1.807, 2.05) is 0 Å². The van der Waals surface area contributed by atoms with E-state index >= 15 is 0 Å². The maximum atomic E-state index is 10.5. The molecule has 14 heavy (non-hydrogen) atoms. The predicted molar refractivity (Wildman–Crippen MR) is 60.9 cm³/mol. The molecule has 2 heterocycles. The van der Waals surface area contributed by atoms with Crippen LogP contribution in [0.4, 0.5) is 11.5 Å². The van der Waals surface area contributed by atoms with Gasteiger partial charge in [0.15, 0.2) is 0 Å². The number of nitrogens with one attached hydrogen (secondary N) is 1. The fraction of sp³-hybridized carbons (Fsp3) is 0.375. The summed E-state index contributed by atoms with van der Waals surface area (Å²) in [5.74, 6) is 0.781. The standard InChI is InChI=1S/C8H8IN3O2/c9-6-1-5-2-7(12(13)14)4-11-8(5)10-3-6/h2,4,6H,1,3H2,(H,10,11). The molecule has 0 saturated heterocycles. The van der Waals surface area contributed by atoms with Crippen molar-refractivity contribution in [1.29, 1.82) is 0 Å². The molecule has 0 saturated carbocycles. The van der Waals surface area contributed by atoms with Crippen LogP contribution in [0.3, 0.4) is 0 Å². The van der Waals surface area contributed by atoms with Crippen LogP contribution in [0.5, 0.6) is 0 Å². The Bertz CT molecular complexity index is 383. The maximum absolute atomic E-state index is 10.5. The first kappa shape index (κ1) is 9.63. The van der Waals surface area contributed by atoms with Gasteiger partial charge in [0, 0.05) is 22.1 Å². The number of alkyl halides is 1. The monoisotopic (exact) mass is 305 g/mol. The van der Waals surface area contributed by atoms with Gasteiger partial charge in [-0.25, -0.2) is 4.98 Å². The molecular weight excluding hydrogens is 297 g/mol. The second-order valence-electron chi connectivity index (χ2n) is 3.14. The molecule has 0 aliphatic carbocycles. The zero-order chi connectivity index (χ0) is 10.1. The van der Waals surface area contributed by atoms with Crippen LogP contribution in [0.15, 0.2) is 12.3 Å². The van der Waals surface area contributed by atoms with E-state index in [1.54, 1.807) is 6.07 Å². The van der Waals surface area contributed by atoms with Crippen LogP contribution in [-0.4, -0.2) is 20.4 Å². The van der Waals surface area contributed by atoms with Crippen molar-refractivity contribution in [2.45, 2.75) is 10.3 Å². The summed E-state index contributed by atoms with van der Waals surface area (Å²) in [6.07, 6.45) is 2.14.